The van der Waals surface area contributed by atoms with E-state index in [-0.39, 0.29) is 16.9 Å². The third-order valence-electron chi connectivity index (χ3n) is 2.51. The molecule has 0 aromatic heterocycles. The lowest BCUT2D eigenvalue weighted by atomic mass is 9.87. The van der Waals surface area contributed by atoms with Crippen molar-refractivity contribution in [2.45, 2.75) is 32.7 Å². The van der Waals surface area contributed by atoms with E-state index in [1.165, 1.54) is 0 Å². The van der Waals surface area contributed by atoms with Gasteiger partial charge in [0.1, 0.15) is 0 Å². The summed E-state index contributed by atoms with van der Waals surface area (Å²) < 4.78 is 5.15. The van der Waals surface area contributed by atoms with Gasteiger partial charge in [0.15, 0.2) is 0 Å². The second-order valence-corrected chi connectivity index (χ2v) is 5.18. The molecular formula is C10H20N2O2. The minimum absolute atomic E-state index is 0.218. The van der Waals surface area contributed by atoms with Gasteiger partial charge in [-0.05, 0) is 13.8 Å². The van der Waals surface area contributed by atoms with Crippen LogP contribution in [0.3, 0.4) is 0 Å². The molecule has 1 heterocycles. The van der Waals surface area contributed by atoms with Gasteiger partial charge in [-0.25, -0.2) is 0 Å². The molecule has 0 spiro atoms. The molecule has 0 aliphatic carbocycles. The van der Waals surface area contributed by atoms with Crippen LogP contribution in [-0.2, 0) is 9.53 Å². The molecule has 0 aromatic rings. The summed E-state index contributed by atoms with van der Waals surface area (Å²) in [7, 11) is 0. The monoisotopic (exact) mass is 200 g/mol. The van der Waals surface area contributed by atoms with Crippen molar-refractivity contribution < 1.29 is 9.53 Å². The minimum Gasteiger partial charge on any atom is -0.380 e. The minimum atomic E-state index is -0.266. The first-order valence-electron chi connectivity index (χ1n) is 4.94. The lowest BCUT2D eigenvalue weighted by Gasteiger charge is -2.40. The van der Waals surface area contributed by atoms with Gasteiger partial charge < -0.3 is 15.8 Å². The van der Waals surface area contributed by atoms with Crippen LogP contribution in [-0.4, -0.2) is 31.2 Å². The van der Waals surface area contributed by atoms with Gasteiger partial charge in [0.25, 0.3) is 0 Å². The van der Waals surface area contributed by atoms with Crippen molar-refractivity contribution in [3.05, 3.63) is 0 Å². The summed E-state index contributed by atoms with van der Waals surface area (Å²) in [5.41, 5.74) is 5.17. The van der Waals surface area contributed by atoms with E-state index in [1.54, 1.807) is 0 Å². The van der Waals surface area contributed by atoms with Crippen LogP contribution >= 0.6 is 0 Å². The Balaban J connectivity index is 2.31. The van der Waals surface area contributed by atoms with Gasteiger partial charge in [-0.2, -0.15) is 0 Å². The van der Waals surface area contributed by atoms with Gasteiger partial charge in [0.05, 0.1) is 13.2 Å². The molecule has 1 aliphatic rings. The van der Waals surface area contributed by atoms with Crippen LogP contribution in [0.25, 0.3) is 0 Å². The van der Waals surface area contributed by atoms with Gasteiger partial charge >= 0.3 is 0 Å². The first-order chi connectivity index (χ1) is 6.33. The highest BCUT2D eigenvalue weighted by Crippen LogP contribution is 2.26. The van der Waals surface area contributed by atoms with E-state index in [4.69, 9.17) is 10.5 Å². The number of ether oxygens (including phenoxy) is 1. The molecule has 0 bridgehead atoms. The molecule has 4 heteroatoms. The van der Waals surface area contributed by atoms with Crippen LogP contribution in [0.5, 0.6) is 0 Å². The van der Waals surface area contributed by atoms with Crippen LogP contribution in [0.2, 0.25) is 0 Å². The molecule has 3 N–H and O–H groups in total. The standard InChI is InChI=1S/C10H20N2O2/c1-9(2,4-8(11)13)12-5-10(3)6-14-7-10/h12H,4-7H2,1-3H3,(H2,11,13). The predicted molar refractivity (Wildman–Crippen MR) is 54.8 cm³/mol. The van der Waals surface area contributed by atoms with Crippen molar-refractivity contribution in [3.8, 4) is 0 Å². The molecule has 1 fully saturated rings. The highest BCUT2D eigenvalue weighted by atomic mass is 16.5. The normalized spacial score (nSPS) is 20.2. The molecule has 14 heavy (non-hydrogen) atoms. The van der Waals surface area contributed by atoms with Gasteiger partial charge in [-0.1, -0.05) is 6.92 Å². The molecule has 1 saturated heterocycles. The Kier molecular flexibility index (Phi) is 3.17. The van der Waals surface area contributed by atoms with Crippen molar-refractivity contribution >= 4 is 5.91 Å². The molecular weight excluding hydrogens is 180 g/mol. The molecule has 1 amide bonds. The van der Waals surface area contributed by atoms with E-state index < -0.39 is 0 Å². The van der Waals surface area contributed by atoms with E-state index in [0.717, 1.165) is 19.8 Å². The van der Waals surface area contributed by atoms with Gasteiger partial charge in [0.2, 0.25) is 5.91 Å². The average Bonchev–Trinajstić information content (AvgIpc) is 1.95. The summed E-state index contributed by atoms with van der Waals surface area (Å²) in [4.78, 5) is 10.8. The Labute approximate surface area is 85.2 Å². The van der Waals surface area contributed by atoms with E-state index in [2.05, 4.69) is 12.2 Å². The number of rotatable bonds is 5. The molecule has 4 nitrogen and oxygen atoms in total. The Morgan fingerprint density at radius 2 is 2.14 bits per heavy atom. The molecule has 0 aromatic carbocycles. The number of hydrogen-bond donors (Lipinski definition) is 2. The zero-order valence-corrected chi connectivity index (χ0v) is 9.22. The summed E-state index contributed by atoms with van der Waals surface area (Å²) in [6.07, 6.45) is 0.365. The Bertz CT molecular complexity index is 222. The Morgan fingerprint density at radius 3 is 2.50 bits per heavy atom. The number of nitrogens with two attached hydrogens (primary N) is 1. The fraction of sp³-hybridized carbons (Fsp3) is 0.900. The molecule has 0 unspecified atom stereocenters. The molecule has 1 aliphatic heterocycles. The summed E-state index contributed by atoms with van der Waals surface area (Å²) in [5, 5.41) is 3.35. The first-order valence-corrected chi connectivity index (χ1v) is 4.94. The molecule has 0 atom stereocenters. The lowest BCUT2D eigenvalue weighted by Crippen LogP contribution is -2.53. The number of carbonyl (C=O) groups excluding carboxylic acids is 1. The summed E-state index contributed by atoms with van der Waals surface area (Å²) in [6, 6.07) is 0. The van der Waals surface area contributed by atoms with Crippen LogP contribution in [0, 0.1) is 5.41 Å². The summed E-state index contributed by atoms with van der Waals surface area (Å²) in [6.45, 7) is 8.61. The van der Waals surface area contributed by atoms with E-state index >= 15 is 0 Å². The van der Waals surface area contributed by atoms with E-state index in [0.29, 0.717) is 6.42 Å². The van der Waals surface area contributed by atoms with Crippen LogP contribution in [0.1, 0.15) is 27.2 Å². The average molecular weight is 200 g/mol. The van der Waals surface area contributed by atoms with Crippen molar-refractivity contribution in [2.75, 3.05) is 19.8 Å². The maximum absolute atomic E-state index is 10.8. The third-order valence-corrected chi connectivity index (χ3v) is 2.51. The van der Waals surface area contributed by atoms with E-state index in [1.807, 2.05) is 13.8 Å². The number of nitrogens with one attached hydrogen (secondary N) is 1. The fourth-order valence-corrected chi connectivity index (χ4v) is 1.50. The molecule has 82 valence electrons. The number of carbonyl (C=O) groups is 1. The summed E-state index contributed by atoms with van der Waals surface area (Å²) >= 11 is 0. The van der Waals surface area contributed by atoms with Gasteiger partial charge in [-0.3, -0.25) is 4.79 Å². The fourth-order valence-electron chi connectivity index (χ4n) is 1.50. The highest BCUT2D eigenvalue weighted by molar-refractivity contribution is 5.74. The Hall–Kier alpha value is -0.610. The maximum atomic E-state index is 10.8. The maximum Gasteiger partial charge on any atom is 0.219 e. The second-order valence-electron chi connectivity index (χ2n) is 5.18. The zero-order valence-electron chi connectivity index (χ0n) is 9.22. The predicted octanol–water partition coefficient (Wildman–Crippen LogP) is 0.267. The van der Waals surface area contributed by atoms with Crippen LogP contribution in [0.4, 0.5) is 0 Å². The summed E-state index contributed by atoms with van der Waals surface area (Å²) in [5.74, 6) is -0.266. The zero-order chi connectivity index (χ0) is 10.8. The lowest BCUT2D eigenvalue weighted by molar-refractivity contribution is -0.120. The topological polar surface area (TPSA) is 64.3 Å². The SMILES string of the molecule is CC1(CNC(C)(C)CC(N)=O)COC1. The van der Waals surface area contributed by atoms with Crippen molar-refractivity contribution in [3.63, 3.8) is 0 Å². The number of hydrogen-bond acceptors (Lipinski definition) is 3. The van der Waals surface area contributed by atoms with Crippen molar-refractivity contribution in [1.29, 1.82) is 0 Å². The van der Waals surface area contributed by atoms with Gasteiger partial charge in [-0.15, -0.1) is 0 Å². The van der Waals surface area contributed by atoms with Gasteiger partial charge in [0, 0.05) is 23.9 Å². The second kappa shape index (κ2) is 3.87. The Morgan fingerprint density at radius 1 is 1.57 bits per heavy atom. The number of amides is 1. The van der Waals surface area contributed by atoms with Crippen LogP contribution in [0.15, 0.2) is 0 Å². The smallest absolute Gasteiger partial charge is 0.219 e. The molecule has 1 rings (SSSR count). The third kappa shape index (κ3) is 3.27. The van der Waals surface area contributed by atoms with E-state index in [9.17, 15) is 4.79 Å². The molecule has 0 saturated carbocycles. The van der Waals surface area contributed by atoms with Crippen molar-refractivity contribution in [2.24, 2.45) is 11.1 Å². The van der Waals surface area contributed by atoms with Crippen LogP contribution < -0.4 is 11.1 Å². The van der Waals surface area contributed by atoms with Crippen molar-refractivity contribution in [1.82, 2.24) is 5.32 Å². The molecule has 0 radical (unpaired) electrons. The first kappa shape index (κ1) is 11.5. The largest absolute Gasteiger partial charge is 0.380 e. The highest BCUT2D eigenvalue weighted by Gasteiger charge is 2.34. The quantitative estimate of drug-likeness (QED) is 0.669. The number of primary amides is 1.